The number of hydrogen-bond donors (Lipinski definition) is 0. The average Bonchev–Trinajstić information content (AvgIpc) is 2.85. The number of benzene rings is 1. The Bertz CT molecular complexity index is 399. The molecule has 1 aromatic carbocycles. The molecule has 1 heterocycles. The molecule has 1 aliphatic heterocycles. The molecule has 0 radical (unpaired) electrons. The standard InChI is InChI=1S/C18H28N2/c1-3-4-5-6-7-11-14-18-19(2)15-16-20(18)17-12-9-8-10-13-17/h8-10,12-13,15-16,18H,3-7,11,14H2,1-2H3. The van der Waals surface area contributed by atoms with Crippen molar-refractivity contribution >= 4 is 5.69 Å². The van der Waals surface area contributed by atoms with Crippen LogP contribution in [0.1, 0.15) is 51.9 Å². The van der Waals surface area contributed by atoms with E-state index < -0.39 is 0 Å². The summed E-state index contributed by atoms with van der Waals surface area (Å²) in [4.78, 5) is 4.73. The lowest BCUT2D eigenvalue weighted by Gasteiger charge is -2.30. The van der Waals surface area contributed by atoms with Crippen LogP contribution in [0, 0.1) is 0 Å². The van der Waals surface area contributed by atoms with E-state index in [2.05, 4.69) is 66.5 Å². The van der Waals surface area contributed by atoms with Gasteiger partial charge in [-0.15, -0.1) is 0 Å². The fraction of sp³-hybridized carbons (Fsp3) is 0.556. The zero-order valence-corrected chi connectivity index (χ0v) is 13.0. The highest BCUT2D eigenvalue weighted by Gasteiger charge is 2.23. The number of hydrogen-bond acceptors (Lipinski definition) is 2. The van der Waals surface area contributed by atoms with Crippen molar-refractivity contribution in [3.05, 3.63) is 42.7 Å². The van der Waals surface area contributed by atoms with Crippen molar-refractivity contribution in [3.63, 3.8) is 0 Å². The number of anilines is 1. The first-order valence-corrected chi connectivity index (χ1v) is 8.06. The summed E-state index contributed by atoms with van der Waals surface area (Å²) in [5.41, 5.74) is 1.30. The largest absolute Gasteiger partial charge is 0.359 e. The first-order valence-electron chi connectivity index (χ1n) is 8.06. The van der Waals surface area contributed by atoms with Crippen LogP contribution in [0.5, 0.6) is 0 Å². The maximum Gasteiger partial charge on any atom is 0.105 e. The smallest absolute Gasteiger partial charge is 0.105 e. The highest BCUT2D eigenvalue weighted by molar-refractivity contribution is 5.51. The minimum atomic E-state index is 0.489. The van der Waals surface area contributed by atoms with E-state index >= 15 is 0 Å². The predicted octanol–water partition coefficient (Wildman–Crippen LogP) is 4.99. The molecule has 2 heteroatoms. The molecule has 110 valence electrons. The number of nitrogens with zero attached hydrogens (tertiary/aromatic N) is 2. The van der Waals surface area contributed by atoms with Crippen LogP contribution in [-0.2, 0) is 0 Å². The van der Waals surface area contributed by atoms with Crippen LogP contribution in [0.25, 0.3) is 0 Å². The van der Waals surface area contributed by atoms with Gasteiger partial charge in [-0.25, -0.2) is 0 Å². The summed E-state index contributed by atoms with van der Waals surface area (Å²) in [6.07, 6.45) is 14.3. The van der Waals surface area contributed by atoms with Gasteiger partial charge in [-0.3, -0.25) is 0 Å². The fourth-order valence-corrected chi connectivity index (χ4v) is 2.88. The second kappa shape index (κ2) is 7.98. The number of para-hydroxylation sites is 1. The number of unbranched alkanes of at least 4 members (excludes halogenated alkanes) is 5. The SMILES string of the molecule is CCCCCCCCC1N(C)C=CN1c1ccccc1. The van der Waals surface area contributed by atoms with Gasteiger partial charge in [-0.1, -0.05) is 57.2 Å². The summed E-state index contributed by atoms with van der Waals surface area (Å²) in [5, 5.41) is 0. The maximum atomic E-state index is 2.39. The van der Waals surface area contributed by atoms with Crippen molar-refractivity contribution in [2.75, 3.05) is 11.9 Å². The van der Waals surface area contributed by atoms with Gasteiger partial charge >= 0.3 is 0 Å². The second-order valence-corrected chi connectivity index (χ2v) is 5.74. The predicted molar refractivity (Wildman–Crippen MR) is 87.6 cm³/mol. The molecule has 1 atom stereocenters. The van der Waals surface area contributed by atoms with Crippen LogP contribution in [0.15, 0.2) is 42.7 Å². The molecule has 0 spiro atoms. The van der Waals surface area contributed by atoms with E-state index in [1.165, 1.54) is 50.6 Å². The van der Waals surface area contributed by atoms with Gasteiger partial charge in [0.1, 0.15) is 6.17 Å². The second-order valence-electron chi connectivity index (χ2n) is 5.74. The molecule has 1 aliphatic rings. The Balaban J connectivity index is 1.80. The summed E-state index contributed by atoms with van der Waals surface area (Å²) in [5.74, 6) is 0. The van der Waals surface area contributed by atoms with E-state index in [0.717, 1.165) is 0 Å². The van der Waals surface area contributed by atoms with Gasteiger partial charge in [0.2, 0.25) is 0 Å². The highest BCUT2D eigenvalue weighted by Crippen LogP contribution is 2.26. The third kappa shape index (κ3) is 4.03. The topological polar surface area (TPSA) is 6.48 Å². The van der Waals surface area contributed by atoms with Crippen molar-refractivity contribution in [1.82, 2.24) is 4.90 Å². The molecule has 0 aromatic heterocycles. The number of rotatable bonds is 8. The Morgan fingerprint density at radius 2 is 1.60 bits per heavy atom. The summed E-state index contributed by atoms with van der Waals surface area (Å²) in [6, 6.07) is 10.7. The van der Waals surface area contributed by atoms with E-state index in [9.17, 15) is 0 Å². The van der Waals surface area contributed by atoms with Crippen LogP contribution >= 0.6 is 0 Å². The molecule has 0 saturated heterocycles. The van der Waals surface area contributed by atoms with E-state index in [4.69, 9.17) is 0 Å². The quantitative estimate of drug-likeness (QED) is 0.615. The average molecular weight is 272 g/mol. The highest BCUT2D eigenvalue weighted by atomic mass is 15.4. The van der Waals surface area contributed by atoms with Gasteiger partial charge < -0.3 is 9.80 Å². The molecule has 0 aliphatic carbocycles. The van der Waals surface area contributed by atoms with Crippen LogP contribution in [-0.4, -0.2) is 18.1 Å². The molecule has 1 aromatic rings. The minimum Gasteiger partial charge on any atom is -0.359 e. The van der Waals surface area contributed by atoms with E-state index in [0.29, 0.717) is 6.17 Å². The summed E-state index contributed by atoms with van der Waals surface area (Å²) < 4.78 is 0. The molecule has 1 unspecified atom stereocenters. The Morgan fingerprint density at radius 3 is 2.35 bits per heavy atom. The maximum absolute atomic E-state index is 2.39. The Labute approximate surface area is 124 Å². The molecule has 0 N–H and O–H groups in total. The minimum absolute atomic E-state index is 0.489. The van der Waals surface area contributed by atoms with Gasteiger partial charge in [-0.2, -0.15) is 0 Å². The van der Waals surface area contributed by atoms with Crippen LogP contribution in [0.3, 0.4) is 0 Å². The molecule has 0 amide bonds. The first kappa shape index (κ1) is 15.0. The molecule has 2 rings (SSSR count). The van der Waals surface area contributed by atoms with Gasteiger partial charge in [0.25, 0.3) is 0 Å². The zero-order chi connectivity index (χ0) is 14.2. The molecule has 0 bridgehead atoms. The summed E-state index contributed by atoms with van der Waals surface area (Å²) >= 11 is 0. The lowest BCUT2D eigenvalue weighted by atomic mass is 10.1. The van der Waals surface area contributed by atoms with Crippen molar-refractivity contribution in [2.45, 2.75) is 58.0 Å². The molecule has 20 heavy (non-hydrogen) atoms. The lowest BCUT2D eigenvalue weighted by molar-refractivity contribution is 0.329. The van der Waals surface area contributed by atoms with Crippen LogP contribution in [0.4, 0.5) is 5.69 Å². The van der Waals surface area contributed by atoms with Gasteiger partial charge in [-0.05, 0) is 25.0 Å². The molecular weight excluding hydrogens is 244 g/mol. The first-order chi connectivity index (χ1) is 9.83. The zero-order valence-electron chi connectivity index (χ0n) is 13.0. The third-order valence-electron chi connectivity index (χ3n) is 4.12. The Morgan fingerprint density at radius 1 is 0.900 bits per heavy atom. The Hall–Kier alpha value is -1.44. The van der Waals surface area contributed by atoms with Crippen molar-refractivity contribution in [3.8, 4) is 0 Å². The van der Waals surface area contributed by atoms with Crippen LogP contribution in [0.2, 0.25) is 0 Å². The Kier molecular flexibility index (Phi) is 5.97. The molecule has 0 fully saturated rings. The molecular formula is C18H28N2. The van der Waals surface area contributed by atoms with Gasteiger partial charge in [0.15, 0.2) is 0 Å². The van der Waals surface area contributed by atoms with Gasteiger partial charge in [0.05, 0.1) is 0 Å². The summed E-state index contributed by atoms with van der Waals surface area (Å²) in [6.45, 7) is 2.27. The normalized spacial score (nSPS) is 18.0. The van der Waals surface area contributed by atoms with Crippen molar-refractivity contribution in [2.24, 2.45) is 0 Å². The van der Waals surface area contributed by atoms with E-state index in [1.54, 1.807) is 0 Å². The van der Waals surface area contributed by atoms with Crippen LogP contribution < -0.4 is 4.90 Å². The van der Waals surface area contributed by atoms with Crippen molar-refractivity contribution in [1.29, 1.82) is 0 Å². The monoisotopic (exact) mass is 272 g/mol. The van der Waals surface area contributed by atoms with E-state index in [1.807, 2.05) is 0 Å². The van der Waals surface area contributed by atoms with Crippen molar-refractivity contribution < 1.29 is 0 Å². The molecule has 0 saturated carbocycles. The third-order valence-corrected chi connectivity index (χ3v) is 4.12. The van der Waals surface area contributed by atoms with E-state index in [-0.39, 0.29) is 0 Å². The van der Waals surface area contributed by atoms with Gasteiger partial charge in [0, 0.05) is 25.1 Å². The summed E-state index contributed by atoms with van der Waals surface area (Å²) in [7, 11) is 2.18. The fourth-order valence-electron chi connectivity index (χ4n) is 2.88. The lowest BCUT2D eigenvalue weighted by Crippen LogP contribution is -2.36. The molecule has 2 nitrogen and oxygen atoms in total.